The van der Waals surface area contributed by atoms with Crippen LogP contribution in [0.1, 0.15) is 27.2 Å². The molecule has 1 aromatic carbocycles. The minimum Gasteiger partial charge on any atom is -0.284 e. The molecule has 0 amide bonds. The van der Waals surface area contributed by atoms with Gasteiger partial charge >= 0.3 is 0 Å². The minimum absolute atomic E-state index is 0.0276. The number of benzene rings is 1. The predicted octanol–water partition coefficient (Wildman–Crippen LogP) is 3.47. The standard InChI is InChI=1S/C12H18INO2S/c1-12(2,3)7-8-17(15,16)14-11-6-4-5-10(13)9-11/h4-6,9,14H,7-8H2,1-3H3. The summed E-state index contributed by atoms with van der Waals surface area (Å²) in [4.78, 5) is 0. The lowest BCUT2D eigenvalue weighted by atomic mass is 9.94. The molecule has 0 heterocycles. The smallest absolute Gasteiger partial charge is 0.232 e. The molecule has 1 N–H and O–H groups in total. The van der Waals surface area contributed by atoms with Crippen LogP contribution in [0.3, 0.4) is 0 Å². The second-order valence-electron chi connectivity index (χ2n) is 5.24. The van der Waals surface area contributed by atoms with Gasteiger partial charge in [0.25, 0.3) is 0 Å². The van der Waals surface area contributed by atoms with Crippen molar-refractivity contribution in [3.8, 4) is 0 Å². The van der Waals surface area contributed by atoms with Gasteiger partial charge < -0.3 is 0 Å². The summed E-state index contributed by atoms with van der Waals surface area (Å²) >= 11 is 2.16. The third kappa shape index (κ3) is 6.26. The largest absolute Gasteiger partial charge is 0.284 e. The van der Waals surface area contributed by atoms with Crippen molar-refractivity contribution >= 4 is 38.3 Å². The molecule has 0 saturated carbocycles. The summed E-state index contributed by atoms with van der Waals surface area (Å²) in [7, 11) is -3.24. The quantitative estimate of drug-likeness (QED) is 0.829. The molecule has 0 bridgehead atoms. The van der Waals surface area contributed by atoms with E-state index in [0.717, 1.165) is 3.57 Å². The van der Waals surface area contributed by atoms with Crippen LogP contribution in [0.25, 0.3) is 0 Å². The van der Waals surface area contributed by atoms with Crippen LogP contribution in [0.5, 0.6) is 0 Å². The summed E-state index contributed by atoms with van der Waals surface area (Å²) in [6, 6.07) is 7.34. The first-order valence-electron chi connectivity index (χ1n) is 5.44. The monoisotopic (exact) mass is 367 g/mol. The van der Waals surface area contributed by atoms with Crippen molar-refractivity contribution in [2.75, 3.05) is 10.5 Å². The number of sulfonamides is 1. The van der Waals surface area contributed by atoms with Gasteiger partial charge in [0.2, 0.25) is 10.0 Å². The highest BCUT2D eigenvalue weighted by Gasteiger charge is 2.17. The molecule has 0 atom stereocenters. The van der Waals surface area contributed by atoms with Gasteiger partial charge in [-0.2, -0.15) is 0 Å². The zero-order valence-electron chi connectivity index (χ0n) is 10.3. The van der Waals surface area contributed by atoms with Gasteiger partial charge in [-0.15, -0.1) is 0 Å². The molecule has 0 unspecified atom stereocenters. The van der Waals surface area contributed by atoms with Crippen molar-refractivity contribution in [3.05, 3.63) is 27.8 Å². The molecule has 0 aliphatic carbocycles. The van der Waals surface area contributed by atoms with Gasteiger partial charge in [-0.1, -0.05) is 26.8 Å². The molecule has 0 aliphatic rings. The molecule has 5 heteroatoms. The molecule has 1 rings (SSSR count). The minimum atomic E-state index is -3.24. The Bertz CT molecular complexity index is 478. The van der Waals surface area contributed by atoms with Crippen LogP contribution in [-0.2, 0) is 10.0 Å². The number of halogens is 1. The third-order valence-electron chi connectivity index (χ3n) is 2.22. The SMILES string of the molecule is CC(C)(C)CCS(=O)(=O)Nc1cccc(I)c1. The highest BCUT2D eigenvalue weighted by atomic mass is 127. The van der Waals surface area contributed by atoms with Crippen molar-refractivity contribution in [3.63, 3.8) is 0 Å². The zero-order valence-corrected chi connectivity index (χ0v) is 13.3. The molecular formula is C12H18INO2S. The number of hydrogen-bond donors (Lipinski definition) is 1. The van der Waals surface area contributed by atoms with E-state index in [1.54, 1.807) is 6.07 Å². The molecule has 0 radical (unpaired) electrons. The van der Waals surface area contributed by atoms with Crippen LogP contribution >= 0.6 is 22.6 Å². The fourth-order valence-corrected chi connectivity index (χ4v) is 3.24. The van der Waals surface area contributed by atoms with E-state index in [4.69, 9.17) is 0 Å². The number of rotatable bonds is 4. The van der Waals surface area contributed by atoms with E-state index in [9.17, 15) is 8.42 Å². The van der Waals surface area contributed by atoms with Gasteiger partial charge in [0, 0.05) is 9.26 Å². The summed E-state index contributed by atoms with van der Waals surface area (Å²) in [6.45, 7) is 6.11. The molecule has 3 nitrogen and oxygen atoms in total. The first-order chi connectivity index (χ1) is 7.68. The summed E-state index contributed by atoms with van der Waals surface area (Å²) in [5.41, 5.74) is 0.658. The van der Waals surface area contributed by atoms with Crippen LogP contribution in [0, 0.1) is 8.99 Å². The second-order valence-corrected chi connectivity index (χ2v) is 8.33. The highest BCUT2D eigenvalue weighted by Crippen LogP contribution is 2.20. The van der Waals surface area contributed by atoms with E-state index < -0.39 is 10.0 Å². The maximum absolute atomic E-state index is 11.8. The Labute approximate surface area is 117 Å². The second kappa shape index (κ2) is 5.56. The molecule has 17 heavy (non-hydrogen) atoms. The lowest BCUT2D eigenvalue weighted by molar-refractivity contribution is 0.397. The van der Waals surface area contributed by atoms with E-state index in [-0.39, 0.29) is 11.2 Å². The van der Waals surface area contributed by atoms with E-state index in [1.807, 2.05) is 39.0 Å². The normalized spacial score (nSPS) is 12.5. The summed E-state index contributed by atoms with van der Waals surface area (Å²) in [5.74, 6) is 0.155. The van der Waals surface area contributed by atoms with E-state index in [1.165, 1.54) is 0 Å². The molecular weight excluding hydrogens is 349 g/mol. The van der Waals surface area contributed by atoms with Crippen LogP contribution in [0.4, 0.5) is 5.69 Å². The van der Waals surface area contributed by atoms with Gasteiger partial charge in [0.15, 0.2) is 0 Å². The molecule has 0 aliphatic heterocycles. The van der Waals surface area contributed by atoms with E-state index in [2.05, 4.69) is 27.3 Å². The van der Waals surface area contributed by atoms with Crippen molar-refractivity contribution in [1.82, 2.24) is 0 Å². The number of anilines is 1. The van der Waals surface area contributed by atoms with Crippen molar-refractivity contribution in [2.24, 2.45) is 5.41 Å². The maximum atomic E-state index is 11.8. The number of nitrogens with one attached hydrogen (secondary N) is 1. The lowest BCUT2D eigenvalue weighted by Gasteiger charge is -2.18. The molecule has 1 aromatic rings. The first-order valence-corrected chi connectivity index (χ1v) is 8.17. The summed E-state index contributed by atoms with van der Waals surface area (Å²) in [5, 5.41) is 0. The topological polar surface area (TPSA) is 46.2 Å². The number of hydrogen-bond acceptors (Lipinski definition) is 2. The van der Waals surface area contributed by atoms with Gasteiger partial charge in [-0.25, -0.2) is 8.42 Å². The van der Waals surface area contributed by atoms with Crippen LogP contribution in [0.2, 0.25) is 0 Å². The molecule has 0 spiro atoms. The van der Waals surface area contributed by atoms with E-state index in [0.29, 0.717) is 12.1 Å². The van der Waals surface area contributed by atoms with E-state index >= 15 is 0 Å². The predicted molar refractivity (Wildman–Crippen MR) is 80.6 cm³/mol. The zero-order chi connectivity index (χ0) is 13.1. The Balaban J connectivity index is 2.67. The molecule has 96 valence electrons. The van der Waals surface area contributed by atoms with Gasteiger partial charge in [0.1, 0.15) is 0 Å². The lowest BCUT2D eigenvalue weighted by Crippen LogP contribution is -2.20. The summed E-state index contributed by atoms with van der Waals surface area (Å²) in [6.07, 6.45) is 0.645. The first kappa shape index (κ1) is 14.8. The van der Waals surface area contributed by atoms with Gasteiger partial charge in [-0.3, -0.25) is 4.72 Å². The molecule has 0 fully saturated rings. The van der Waals surface area contributed by atoms with Crippen molar-refractivity contribution in [2.45, 2.75) is 27.2 Å². The Morgan fingerprint density at radius 1 is 1.29 bits per heavy atom. The Kier molecular flexibility index (Phi) is 4.83. The average molecular weight is 367 g/mol. The van der Waals surface area contributed by atoms with Gasteiger partial charge in [0.05, 0.1) is 5.75 Å². The Morgan fingerprint density at radius 2 is 1.94 bits per heavy atom. The molecule has 0 saturated heterocycles. The Hall–Kier alpha value is -0.300. The maximum Gasteiger partial charge on any atom is 0.232 e. The van der Waals surface area contributed by atoms with Crippen molar-refractivity contribution < 1.29 is 8.42 Å². The highest BCUT2D eigenvalue weighted by molar-refractivity contribution is 14.1. The average Bonchev–Trinajstić information content (AvgIpc) is 2.13. The molecule has 0 aromatic heterocycles. The Morgan fingerprint density at radius 3 is 2.47 bits per heavy atom. The third-order valence-corrected chi connectivity index (χ3v) is 4.18. The summed E-state index contributed by atoms with van der Waals surface area (Å²) < 4.78 is 27.3. The fraction of sp³-hybridized carbons (Fsp3) is 0.500. The van der Waals surface area contributed by atoms with Crippen LogP contribution in [0.15, 0.2) is 24.3 Å². The van der Waals surface area contributed by atoms with Crippen LogP contribution < -0.4 is 4.72 Å². The van der Waals surface area contributed by atoms with Crippen LogP contribution in [-0.4, -0.2) is 14.2 Å². The van der Waals surface area contributed by atoms with Gasteiger partial charge in [-0.05, 0) is 52.6 Å². The fourth-order valence-electron chi connectivity index (χ4n) is 1.22. The van der Waals surface area contributed by atoms with Crippen molar-refractivity contribution in [1.29, 1.82) is 0 Å².